The van der Waals surface area contributed by atoms with Crippen LogP contribution in [0.1, 0.15) is 18.9 Å². The van der Waals surface area contributed by atoms with Crippen LogP contribution < -0.4 is 16.2 Å². The van der Waals surface area contributed by atoms with E-state index < -0.39 is 16.4 Å². The summed E-state index contributed by atoms with van der Waals surface area (Å²) in [5.41, 5.74) is 10.1. The molecule has 1 atom stereocenters. The maximum absolute atomic E-state index is 11.1. The Labute approximate surface area is 124 Å². The van der Waals surface area contributed by atoms with Gasteiger partial charge in [-0.2, -0.15) is 0 Å². The van der Waals surface area contributed by atoms with Gasteiger partial charge in [0.2, 0.25) is 5.91 Å². The molecule has 20 heavy (non-hydrogen) atoms. The van der Waals surface area contributed by atoms with Gasteiger partial charge in [-0.05, 0) is 25.5 Å². The molecule has 0 aromatic heterocycles. The SMILES string of the molecule is Cc1cc(Br)cc([N+](=O)[O-])c1OCCC(C)(N)C(N)=O. The molecular weight excluding hydrogens is 330 g/mol. The second-order valence-electron chi connectivity index (χ2n) is 4.71. The number of aryl methyl sites for hydroxylation is 1. The van der Waals surface area contributed by atoms with Crippen LogP contribution in [-0.4, -0.2) is 23.0 Å². The normalized spacial score (nSPS) is 13.6. The quantitative estimate of drug-likeness (QED) is 0.599. The Morgan fingerprint density at radius 2 is 2.15 bits per heavy atom. The number of halogens is 1. The number of nitro benzene ring substituents is 1. The molecule has 1 unspecified atom stereocenters. The number of nitro groups is 1. The zero-order chi connectivity index (χ0) is 15.5. The van der Waals surface area contributed by atoms with Gasteiger partial charge in [-0.25, -0.2) is 0 Å². The van der Waals surface area contributed by atoms with E-state index in [2.05, 4.69) is 15.9 Å². The fourth-order valence-corrected chi connectivity index (χ4v) is 2.08. The summed E-state index contributed by atoms with van der Waals surface area (Å²) >= 11 is 3.19. The van der Waals surface area contributed by atoms with Crippen LogP contribution in [0.15, 0.2) is 16.6 Å². The first-order chi connectivity index (χ1) is 9.15. The zero-order valence-corrected chi connectivity index (χ0v) is 12.8. The molecule has 0 aliphatic rings. The van der Waals surface area contributed by atoms with Gasteiger partial charge in [-0.1, -0.05) is 15.9 Å². The summed E-state index contributed by atoms with van der Waals surface area (Å²) < 4.78 is 6.01. The first-order valence-electron chi connectivity index (χ1n) is 5.81. The van der Waals surface area contributed by atoms with Crippen LogP contribution in [-0.2, 0) is 4.79 Å². The van der Waals surface area contributed by atoms with Gasteiger partial charge in [0.05, 0.1) is 17.1 Å². The molecule has 0 saturated carbocycles. The standard InChI is InChI=1S/C12H16BrN3O4/c1-7-5-8(13)6-9(16(18)19)10(7)20-4-3-12(2,15)11(14)17/h5-6H,3-4,15H2,1-2H3,(H2,14,17). The van der Waals surface area contributed by atoms with Crippen molar-refractivity contribution in [1.82, 2.24) is 0 Å². The van der Waals surface area contributed by atoms with E-state index in [-0.39, 0.29) is 24.5 Å². The van der Waals surface area contributed by atoms with Crippen LogP contribution in [0.3, 0.4) is 0 Å². The highest BCUT2D eigenvalue weighted by molar-refractivity contribution is 9.10. The predicted molar refractivity (Wildman–Crippen MR) is 77.4 cm³/mol. The topological polar surface area (TPSA) is 121 Å². The molecule has 0 saturated heterocycles. The predicted octanol–water partition coefficient (Wildman–Crippen LogP) is 1.64. The maximum atomic E-state index is 11.1. The van der Waals surface area contributed by atoms with Gasteiger partial charge in [0.25, 0.3) is 0 Å². The molecule has 1 rings (SSSR count). The third kappa shape index (κ3) is 3.91. The minimum atomic E-state index is -1.21. The molecule has 1 aromatic carbocycles. The van der Waals surface area contributed by atoms with Gasteiger partial charge in [-0.15, -0.1) is 0 Å². The highest BCUT2D eigenvalue weighted by atomic mass is 79.9. The van der Waals surface area contributed by atoms with Crippen LogP contribution >= 0.6 is 15.9 Å². The number of hydrogen-bond donors (Lipinski definition) is 2. The largest absolute Gasteiger partial charge is 0.487 e. The van der Waals surface area contributed by atoms with E-state index in [1.807, 2.05) is 0 Å². The van der Waals surface area contributed by atoms with Crippen molar-refractivity contribution in [2.45, 2.75) is 25.8 Å². The molecule has 0 heterocycles. The van der Waals surface area contributed by atoms with E-state index in [0.717, 1.165) is 0 Å². The average molecular weight is 346 g/mol. The van der Waals surface area contributed by atoms with E-state index in [4.69, 9.17) is 16.2 Å². The van der Waals surface area contributed by atoms with Crippen molar-refractivity contribution in [3.05, 3.63) is 32.3 Å². The van der Waals surface area contributed by atoms with Gasteiger partial charge >= 0.3 is 5.69 Å². The van der Waals surface area contributed by atoms with Crippen LogP contribution in [0.25, 0.3) is 0 Å². The summed E-state index contributed by atoms with van der Waals surface area (Å²) in [7, 11) is 0. The van der Waals surface area contributed by atoms with Gasteiger partial charge in [0, 0.05) is 17.0 Å². The molecule has 1 amide bonds. The number of carbonyl (C=O) groups excluding carboxylic acids is 1. The fraction of sp³-hybridized carbons (Fsp3) is 0.417. The lowest BCUT2D eigenvalue weighted by atomic mass is 9.99. The summed E-state index contributed by atoms with van der Waals surface area (Å²) in [6, 6.07) is 3.07. The van der Waals surface area contributed by atoms with Crippen LogP contribution in [0.2, 0.25) is 0 Å². The third-order valence-corrected chi connectivity index (χ3v) is 3.31. The number of benzene rings is 1. The van der Waals surface area contributed by atoms with Gasteiger partial charge in [0.15, 0.2) is 5.75 Å². The molecular formula is C12H16BrN3O4. The number of carbonyl (C=O) groups is 1. The number of ether oxygens (including phenoxy) is 1. The third-order valence-electron chi connectivity index (χ3n) is 2.85. The van der Waals surface area contributed by atoms with E-state index in [9.17, 15) is 14.9 Å². The first-order valence-corrected chi connectivity index (χ1v) is 6.60. The monoisotopic (exact) mass is 345 g/mol. The second kappa shape index (κ2) is 6.19. The Morgan fingerprint density at radius 3 is 2.65 bits per heavy atom. The summed E-state index contributed by atoms with van der Waals surface area (Å²) in [6.07, 6.45) is 0.162. The molecule has 0 aliphatic carbocycles. The van der Waals surface area contributed by atoms with E-state index in [1.165, 1.54) is 13.0 Å². The zero-order valence-electron chi connectivity index (χ0n) is 11.2. The highest BCUT2D eigenvalue weighted by Crippen LogP contribution is 2.34. The number of primary amides is 1. The van der Waals surface area contributed by atoms with Crippen molar-refractivity contribution in [3.8, 4) is 5.75 Å². The van der Waals surface area contributed by atoms with E-state index in [1.54, 1.807) is 13.0 Å². The Kier molecular flexibility index (Phi) is 5.07. The van der Waals surface area contributed by atoms with Crippen molar-refractivity contribution in [2.24, 2.45) is 11.5 Å². The van der Waals surface area contributed by atoms with Crippen LogP contribution in [0, 0.1) is 17.0 Å². The lowest BCUT2D eigenvalue weighted by Crippen LogP contribution is -2.50. The molecule has 0 radical (unpaired) electrons. The molecule has 0 fully saturated rings. The molecule has 1 aromatic rings. The number of nitrogens with zero attached hydrogens (tertiary/aromatic N) is 1. The minimum absolute atomic E-state index is 0.0548. The molecule has 7 nitrogen and oxygen atoms in total. The maximum Gasteiger partial charge on any atom is 0.312 e. The van der Waals surface area contributed by atoms with Crippen molar-refractivity contribution in [3.63, 3.8) is 0 Å². The smallest absolute Gasteiger partial charge is 0.312 e. The second-order valence-corrected chi connectivity index (χ2v) is 5.62. The number of nitrogens with two attached hydrogens (primary N) is 2. The average Bonchev–Trinajstić information content (AvgIpc) is 2.30. The van der Waals surface area contributed by atoms with E-state index in [0.29, 0.717) is 10.0 Å². The molecule has 110 valence electrons. The Morgan fingerprint density at radius 1 is 1.55 bits per heavy atom. The van der Waals surface area contributed by atoms with Gasteiger partial charge in [-0.3, -0.25) is 14.9 Å². The first kappa shape index (κ1) is 16.4. The van der Waals surface area contributed by atoms with Gasteiger partial charge in [0.1, 0.15) is 0 Å². The number of rotatable bonds is 6. The lowest BCUT2D eigenvalue weighted by Gasteiger charge is -2.20. The highest BCUT2D eigenvalue weighted by Gasteiger charge is 2.26. The summed E-state index contributed by atoms with van der Waals surface area (Å²) in [6.45, 7) is 3.24. The minimum Gasteiger partial charge on any atom is -0.487 e. The molecule has 0 aliphatic heterocycles. The number of hydrogen-bond acceptors (Lipinski definition) is 5. The van der Waals surface area contributed by atoms with Crippen LogP contribution in [0.5, 0.6) is 5.75 Å². The van der Waals surface area contributed by atoms with Crippen molar-refractivity contribution >= 4 is 27.5 Å². The summed E-state index contributed by atoms with van der Waals surface area (Å²) in [5.74, 6) is -0.485. The summed E-state index contributed by atoms with van der Waals surface area (Å²) in [5, 5.41) is 11.0. The molecule has 0 bridgehead atoms. The van der Waals surface area contributed by atoms with Crippen LogP contribution in [0.4, 0.5) is 5.69 Å². The number of amides is 1. The van der Waals surface area contributed by atoms with Crippen molar-refractivity contribution in [2.75, 3.05) is 6.61 Å². The van der Waals surface area contributed by atoms with Crippen molar-refractivity contribution < 1.29 is 14.5 Å². The Bertz CT molecular complexity index is 546. The molecule has 8 heteroatoms. The van der Waals surface area contributed by atoms with E-state index >= 15 is 0 Å². The fourth-order valence-electron chi connectivity index (χ4n) is 1.52. The molecule has 0 spiro atoms. The Balaban J connectivity index is 2.88. The van der Waals surface area contributed by atoms with Gasteiger partial charge < -0.3 is 16.2 Å². The van der Waals surface area contributed by atoms with Crippen molar-refractivity contribution in [1.29, 1.82) is 0 Å². The summed E-state index contributed by atoms with van der Waals surface area (Å²) in [4.78, 5) is 21.6. The lowest BCUT2D eigenvalue weighted by molar-refractivity contribution is -0.386. The molecule has 4 N–H and O–H groups in total. The Hall–Kier alpha value is -1.67.